The molecule has 0 radical (unpaired) electrons. The highest BCUT2D eigenvalue weighted by Crippen LogP contribution is 2.36. The summed E-state index contributed by atoms with van der Waals surface area (Å²) in [7, 11) is 0. The van der Waals surface area contributed by atoms with E-state index in [1.807, 2.05) is 18.2 Å². The summed E-state index contributed by atoms with van der Waals surface area (Å²) in [5.41, 5.74) is 1.64. The Morgan fingerprint density at radius 1 is 1.20 bits per heavy atom. The van der Waals surface area contributed by atoms with Gasteiger partial charge in [0, 0.05) is 29.7 Å². The van der Waals surface area contributed by atoms with E-state index in [2.05, 4.69) is 10.2 Å². The molecule has 2 heterocycles. The van der Waals surface area contributed by atoms with Gasteiger partial charge in [-0.3, -0.25) is 4.90 Å². The van der Waals surface area contributed by atoms with Crippen molar-refractivity contribution < 1.29 is 0 Å². The zero-order valence-electron chi connectivity index (χ0n) is 11.8. The summed E-state index contributed by atoms with van der Waals surface area (Å²) in [4.78, 5) is 2.55. The van der Waals surface area contributed by atoms with E-state index in [1.54, 1.807) is 0 Å². The van der Waals surface area contributed by atoms with Gasteiger partial charge in [-0.05, 0) is 68.0 Å². The van der Waals surface area contributed by atoms with Crippen molar-refractivity contribution >= 4 is 23.2 Å². The lowest BCUT2D eigenvalue weighted by molar-refractivity contribution is 0.0601. The van der Waals surface area contributed by atoms with Gasteiger partial charge in [0.2, 0.25) is 0 Å². The summed E-state index contributed by atoms with van der Waals surface area (Å²) < 4.78 is 0. The van der Waals surface area contributed by atoms with Gasteiger partial charge in [0.25, 0.3) is 0 Å². The van der Waals surface area contributed by atoms with E-state index in [0.717, 1.165) is 22.2 Å². The van der Waals surface area contributed by atoms with Crippen LogP contribution >= 0.6 is 23.2 Å². The van der Waals surface area contributed by atoms with Gasteiger partial charge in [-0.15, -0.1) is 0 Å². The fourth-order valence-corrected chi connectivity index (χ4v) is 4.10. The number of likely N-dealkylation sites (tertiary alicyclic amines) is 1. The Morgan fingerprint density at radius 2 is 2.05 bits per heavy atom. The molecule has 110 valence electrons. The van der Waals surface area contributed by atoms with E-state index in [1.165, 1.54) is 51.9 Å². The zero-order valence-corrected chi connectivity index (χ0v) is 13.3. The smallest absolute Gasteiger partial charge is 0.0452 e. The molecule has 0 amide bonds. The number of benzene rings is 1. The van der Waals surface area contributed by atoms with Crippen LogP contribution in [0.25, 0.3) is 0 Å². The fourth-order valence-electron chi connectivity index (χ4n) is 3.73. The third-order valence-corrected chi connectivity index (χ3v) is 5.31. The molecular weight excluding hydrogens is 291 g/mol. The van der Waals surface area contributed by atoms with Crippen LogP contribution in [0.3, 0.4) is 0 Å². The van der Waals surface area contributed by atoms with Crippen molar-refractivity contribution in [2.24, 2.45) is 5.41 Å². The highest BCUT2D eigenvalue weighted by molar-refractivity contribution is 6.33. The second-order valence-corrected chi connectivity index (χ2v) is 7.17. The van der Waals surface area contributed by atoms with E-state index in [0.29, 0.717) is 5.41 Å². The molecule has 20 heavy (non-hydrogen) atoms. The summed E-state index contributed by atoms with van der Waals surface area (Å²) in [6, 6.07) is 5.77. The number of nitrogens with zero attached hydrogens (tertiary/aromatic N) is 1. The summed E-state index contributed by atoms with van der Waals surface area (Å²) in [5.74, 6) is 0. The monoisotopic (exact) mass is 312 g/mol. The molecule has 0 aromatic heterocycles. The lowest BCUT2D eigenvalue weighted by atomic mass is 9.74. The highest BCUT2D eigenvalue weighted by atomic mass is 35.5. The standard InChI is InChI=1S/C16H22Cl2N2/c17-14-3-4-15(18)13(9-14)10-20-8-2-6-16(12-20)5-1-7-19-11-16/h3-4,9,19H,1-2,5-8,10-12H2. The van der Waals surface area contributed by atoms with Crippen molar-refractivity contribution in [3.8, 4) is 0 Å². The molecule has 1 atom stereocenters. The van der Waals surface area contributed by atoms with Gasteiger partial charge in [-0.25, -0.2) is 0 Å². The first kappa shape index (κ1) is 14.6. The van der Waals surface area contributed by atoms with Crippen LogP contribution in [0.1, 0.15) is 31.2 Å². The maximum absolute atomic E-state index is 6.30. The average molecular weight is 313 g/mol. The van der Waals surface area contributed by atoms with Crippen molar-refractivity contribution in [2.75, 3.05) is 26.2 Å². The summed E-state index contributed by atoms with van der Waals surface area (Å²) in [6.07, 6.45) is 5.32. The van der Waals surface area contributed by atoms with Crippen molar-refractivity contribution in [2.45, 2.75) is 32.2 Å². The molecule has 2 aliphatic rings. The van der Waals surface area contributed by atoms with Crippen molar-refractivity contribution in [3.63, 3.8) is 0 Å². The molecule has 2 fully saturated rings. The molecule has 1 aromatic rings. The van der Waals surface area contributed by atoms with Crippen LogP contribution in [-0.2, 0) is 6.54 Å². The maximum atomic E-state index is 6.30. The molecule has 2 aliphatic heterocycles. The molecule has 2 saturated heterocycles. The average Bonchev–Trinajstić information content (AvgIpc) is 2.44. The Hall–Kier alpha value is -0.280. The fraction of sp³-hybridized carbons (Fsp3) is 0.625. The predicted octanol–water partition coefficient (Wildman–Crippen LogP) is 3.96. The summed E-state index contributed by atoms with van der Waals surface area (Å²) >= 11 is 12.4. The number of halogens is 2. The number of rotatable bonds is 2. The second-order valence-electron chi connectivity index (χ2n) is 6.33. The van der Waals surface area contributed by atoms with Gasteiger partial charge in [0.1, 0.15) is 0 Å². The van der Waals surface area contributed by atoms with E-state index in [4.69, 9.17) is 23.2 Å². The third kappa shape index (κ3) is 3.30. The molecule has 1 spiro atoms. The molecule has 4 heteroatoms. The molecule has 0 saturated carbocycles. The van der Waals surface area contributed by atoms with Crippen LogP contribution in [-0.4, -0.2) is 31.1 Å². The normalized spacial score (nSPS) is 27.9. The Morgan fingerprint density at radius 3 is 2.85 bits per heavy atom. The largest absolute Gasteiger partial charge is 0.316 e. The predicted molar refractivity (Wildman–Crippen MR) is 85.5 cm³/mol. The third-order valence-electron chi connectivity index (χ3n) is 4.70. The summed E-state index contributed by atoms with van der Waals surface area (Å²) in [5, 5.41) is 5.18. The topological polar surface area (TPSA) is 15.3 Å². The van der Waals surface area contributed by atoms with Crippen LogP contribution in [0.4, 0.5) is 0 Å². The van der Waals surface area contributed by atoms with Crippen molar-refractivity contribution in [1.29, 1.82) is 0 Å². The Kier molecular flexibility index (Phi) is 4.56. The van der Waals surface area contributed by atoms with E-state index in [9.17, 15) is 0 Å². The van der Waals surface area contributed by atoms with Gasteiger partial charge in [-0.2, -0.15) is 0 Å². The molecule has 2 nitrogen and oxygen atoms in total. The van der Waals surface area contributed by atoms with Gasteiger partial charge < -0.3 is 5.32 Å². The lowest BCUT2D eigenvalue weighted by Gasteiger charge is -2.45. The van der Waals surface area contributed by atoms with Gasteiger partial charge in [0.05, 0.1) is 0 Å². The minimum Gasteiger partial charge on any atom is -0.316 e. The van der Waals surface area contributed by atoms with E-state index < -0.39 is 0 Å². The molecule has 1 N–H and O–H groups in total. The van der Waals surface area contributed by atoms with Gasteiger partial charge in [-0.1, -0.05) is 23.2 Å². The van der Waals surface area contributed by atoms with Gasteiger partial charge in [0.15, 0.2) is 0 Å². The minimum atomic E-state index is 0.488. The number of nitrogens with one attached hydrogen (secondary N) is 1. The Labute approximate surface area is 131 Å². The number of piperidine rings is 2. The quantitative estimate of drug-likeness (QED) is 0.889. The summed E-state index contributed by atoms with van der Waals surface area (Å²) in [6.45, 7) is 5.63. The van der Waals surface area contributed by atoms with Crippen LogP contribution in [0.15, 0.2) is 18.2 Å². The van der Waals surface area contributed by atoms with Crippen LogP contribution in [0.5, 0.6) is 0 Å². The first-order chi connectivity index (χ1) is 9.67. The SMILES string of the molecule is Clc1ccc(Cl)c(CN2CCCC3(CCCNC3)C2)c1. The zero-order chi connectivity index (χ0) is 14.0. The Bertz CT molecular complexity index is 464. The lowest BCUT2D eigenvalue weighted by Crippen LogP contribution is -2.50. The van der Waals surface area contributed by atoms with E-state index >= 15 is 0 Å². The van der Waals surface area contributed by atoms with Crippen LogP contribution in [0, 0.1) is 5.41 Å². The molecule has 1 unspecified atom stereocenters. The first-order valence-corrected chi connectivity index (χ1v) is 8.30. The Balaban J connectivity index is 1.69. The van der Waals surface area contributed by atoms with Crippen molar-refractivity contribution in [1.82, 2.24) is 10.2 Å². The molecule has 0 aliphatic carbocycles. The molecule has 1 aromatic carbocycles. The van der Waals surface area contributed by atoms with Crippen molar-refractivity contribution in [3.05, 3.63) is 33.8 Å². The molecule has 0 bridgehead atoms. The first-order valence-electron chi connectivity index (χ1n) is 7.54. The highest BCUT2D eigenvalue weighted by Gasteiger charge is 2.36. The van der Waals surface area contributed by atoms with Crippen LogP contribution < -0.4 is 5.32 Å². The van der Waals surface area contributed by atoms with Gasteiger partial charge >= 0.3 is 0 Å². The van der Waals surface area contributed by atoms with E-state index in [-0.39, 0.29) is 0 Å². The van der Waals surface area contributed by atoms with Crippen LogP contribution in [0.2, 0.25) is 10.0 Å². The number of hydrogen-bond acceptors (Lipinski definition) is 2. The molecular formula is C16H22Cl2N2. The number of hydrogen-bond donors (Lipinski definition) is 1. The molecule has 3 rings (SSSR count). The second kappa shape index (κ2) is 6.23. The maximum Gasteiger partial charge on any atom is 0.0452 e. The minimum absolute atomic E-state index is 0.488.